The fraction of sp³-hybridized carbons (Fsp3) is 0.917. The van der Waals surface area contributed by atoms with Crippen molar-refractivity contribution in [2.45, 2.75) is 411 Å². The summed E-state index contributed by atoms with van der Waals surface area (Å²) in [5.41, 5.74) is 0. The van der Waals surface area contributed by atoms with E-state index in [9.17, 15) is 19.8 Å². The van der Waals surface area contributed by atoms with Crippen molar-refractivity contribution in [2.24, 2.45) is 0 Å². The molecule has 0 aliphatic rings. The van der Waals surface area contributed by atoms with Crippen LogP contribution in [0.25, 0.3) is 0 Å². The van der Waals surface area contributed by atoms with E-state index in [1.807, 2.05) is 6.08 Å². The number of aliphatic hydroxyl groups is 2. The lowest BCUT2D eigenvalue weighted by atomic mass is 10.0. The van der Waals surface area contributed by atoms with Gasteiger partial charge in [-0.1, -0.05) is 353 Å². The Balaban J connectivity index is 3.34. The van der Waals surface area contributed by atoms with Crippen molar-refractivity contribution < 1.29 is 24.5 Å². The average Bonchev–Trinajstić information content (AvgIpc) is 3.44. The molecule has 0 fully saturated rings. The molecule has 0 spiro atoms. The normalized spacial score (nSPS) is 12.6. The molecule has 0 saturated heterocycles. The van der Waals surface area contributed by atoms with Crippen LogP contribution in [0.1, 0.15) is 399 Å². The lowest BCUT2D eigenvalue weighted by Gasteiger charge is -2.20. The molecule has 1 amide bonds. The van der Waals surface area contributed by atoms with Gasteiger partial charge in [0, 0.05) is 12.8 Å². The van der Waals surface area contributed by atoms with Crippen LogP contribution in [-0.2, 0) is 14.3 Å². The molecule has 78 heavy (non-hydrogen) atoms. The number of unbranched alkanes of at least 4 members (excludes halogenated alkanes) is 54. The highest BCUT2D eigenvalue weighted by Gasteiger charge is 2.18. The number of ether oxygens (including phenoxy) is 1. The minimum absolute atomic E-state index is 0.0212. The van der Waals surface area contributed by atoms with Crippen LogP contribution in [-0.4, -0.2) is 47.4 Å². The van der Waals surface area contributed by atoms with Gasteiger partial charge in [-0.05, 0) is 57.8 Å². The maximum absolute atomic E-state index is 12.5. The number of allylic oxidation sites excluding steroid dienone is 3. The molecule has 0 bridgehead atoms. The highest BCUT2D eigenvalue weighted by molar-refractivity contribution is 5.76. The van der Waals surface area contributed by atoms with E-state index in [0.717, 1.165) is 38.5 Å². The van der Waals surface area contributed by atoms with Crippen molar-refractivity contribution in [3.63, 3.8) is 0 Å². The van der Waals surface area contributed by atoms with E-state index >= 15 is 0 Å². The number of carbonyl (C=O) groups excluding carboxylic acids is 2. The Morgan fingerprint density at radius 1 is 0.346 bits per heavy atom. The Labute approximate surface area is 488 Å². The standard InChI is InChI=1S/C72H139NO5/c1-3-5-7-9-11-13-15-17-41-44-48-52-56-60-64-70(75)69(68-74)73-71(76)65-61-57-53-49-45-42-39-37-35-33-31-29-27-25-23-21-19-18-20-22-24-26-28-30-32-34-36-38-40-43-47-51-55-59-63-67-78-72(77)66-62-58-54-50-46-16-14-12-10-8-6-4-2/h20,22,60,64,69-70,74-75H,3-19,21,23-59,61-63,65-68H2,1-2H3,(H,73,76)/b22-20-,64-60+. The van der Waals surface area contributed by atoms with Crippen molar-refractivity contribution in [1.29, 1.82) is 0 Å². The predicted octanol–water partition coefficient (Wildman–Crippen LogP) is 22.9. The number of esters is 1. The predicted molar refractivity (Wildman–Crippen MR) is 343 cm³/mol. The maximum Gasteiger partial charge on any atom is 0.305 e. The molecule has 0 aliphatic carbocycles. The zero-order valence-electron chi connectivity index (χ0n) is 52.9. The van der Waals surface area contributed by atoms with Crippen LogP contribution >= 0.6 is 0 Å². The van der Waals surface area contributed by atoms with Gasteiger partial charge in [-0.25, -0.2) is 0 Å². The van der Waals surface area contributed by atoms with Gasteiger partial charge in [0.2, 0.25) is 5.91 Å². The van der Waals surface area contributed by atoms with Crippen molar-refractivity contribution in [2.75, 3.05) is 13.2 Å². The number of hydrogen-bond acceptors (Lipinski definition) is 5. The summed E-state index contributed by atoms with van der Waals surface area (Å²) in [6, 6.07) is -0.624. The topological polar surface area (TPSA) is 95.9 Å². The first-order valence-electron chi connectivity index (χ1n) is 35.6. The fourth-order valence-corrected chi connectivity index (χ4v) is 11.3. The van der Waals surface area contributed by atoms with Gasteiger partial charge in [0.15, 0.2) is 0 Å². The Morgan fingerprint density at radius 3 is 0.910 bits per heavy atom. The SMILES string of the molecule is CCCCCCCCCCCCCC/C=C/C(O)C(CO)NC(=O)CCCCCCCCCCCCCCCCCCC/C=C\CCCCCCCCCCCCCCCCOC(=O)CCCCCCCCCCCCCC. The second-order valence-electron chi connectivity index (χ2n) is 24.6. The maximum atomic E-state index is 12.5. The summed E-state index contributed by atoms with van der Waals surface area (Å²) in [7, 11) is 0. The molecule has 2 atom stereocenters. The third-order valence-corrected chi connectivity index (χ3v) is 16.7. The number of aliphatic hydroxyl groups excluding tert-OH is 2. The first kappa shape index (κ1) is 76.3. The molecule has 6 heteroatoms. The van der Waals surface area contributed by atoms with Crippen LogP contribution in [0.4, 0.5) is 0 Å². The van der Waals surface area contributed by atoms with E-state index in [1.165, 1.54) is 334 Å². The van der Waals surface area contributed by atoms with Crippen molar-refractivity contribution in [3.05, 3.63) is 24.3 Å². The fourth-order valence-electron chi connectivity index (χ4n) is 11.3. The van der Waals surface area contributed by atoms with Crippen molar-refractivity contribution in [3.8, 4) is 0 Å². The average molecular weight is 1100 g/mol. The summed E-state index contributed by atoms with van der Waals surface area (Å²) in [5, 5.41) is 23.1. The summed E-state index contributed by atoms with van der Waals surface area (Å²) in [5.74, 6) is -0.0411. The molecule has 6 nitrogen and oxygen atoms in total. The largest absolute Gasteiger partial charge is 0.466 e. The van der Waals surface area contributed by atoms with Crippen LogP contribution in [0.15, 0.2) is 24.3 Å². The van der Waals surface area contributed by atoms with Gasteiger partial charge < -0.3 is 20.3 Å². The molecule has 0 aromatic heterocycles. The highest BCUT2D eigenvalue weighted by Crippen LogP contribution is 2.19. The van der Waals surface area contributed by atoms with Crippen LogP contribution in [0.2, 0.25) is 0 Å². The molecule has 462 valence electrons. The summed E-state index contributed by atoms with van der Waals surface area (Å²) in [6.07, 6.45) is 85.6. The Kier molecular flexibility index (Phi) is 66.4. The van der Waals surface area contributed by atoms with E-state index in [4.69, 9.17) is 4.74 Å². The van der Waals surface area contributed by atoms with Gasteiger partial charge in [-0.2, -0.15) is 0 Å². The molecule has 0 heterocycles. The molecule has 0 aliphatic heterocycles. The molecular weight excluding hydrogens is 959 g/mol. The summed E-state index contributed by atoms with van der Waals surface area (Å²) in [4.78, 5) is 24.5. The first-order valence-corrected chi connectivity index (χ1v) is 35.6. The number of amides is 1. The number of carbonyl (C=O) groups is 2. The first-order chi connectivity index (χ1) is 38.5. The van der Waals surface area contributed by atoms with Gasteiger partial charge in [0.25, 0.3) is 0 Å². The Hall–Kier alpha value is -1.66. The monoisotopic (exact) mass is 1100 g/mol. The molecular formula is C72H139NO5. The summed E-state index contributed by atoms with van der Waals surface area (Å²) in [6.45, 7) is 4.93. The lowest BCUT2D eigenvalue weighted by Crippen LogP contribution is -2.45. The van der Waals surface area contributed by atoms with Gasteiger partial charge in [-0.15, -0.1) is 0 Å². The van der Waals surface area contributed by atoms with Gasteiger partial charge >= 0.3 is 5.97 Å². The molecule has 0 aromatic carbocycles. The molecule has 0 saturated carbocycles. The third kappa shape index (κ3) is 63.5. The molecule has 3 N–H and O–H groups in total. The summed E-state index contributed by atoms with van der Waals surface area (Å²) >= 11 is 0. The van der Waals surface area contributed by atoms with Crippen molar-refractivity contribution >= 4 is 11.9 Å². The van der Waals surface area contributed by atoms with Gasteiger partial charge in [0.1, 0.15) is 0 Å². The minimum Gasteiger partial charge on any atom is -0.466 e. The zero-order chi connectivity index (χ0) is 56.4. The number of rotatable bonds is 67. The second kappa shape index (κ2) is 67.8. The van der Waals surface area contributed by atoms with Crippen LogP contribution in [0.3, 0.4) is 0 Å². The smallest absolute Gasteiger partial charge is 0.305 e. The highest BCUT2D eigenvalue weighted by atomic mass is 16.5. The van der Waals surface area contributed by atoms with E-state index in [-0.39, 0.29) is 18.5 Å². The third-order valence-electron chi connectivity index (χ3n) is 16.7. The zero-order valence-corrected chi connectivity index (χ0v) is 52.9. The molecule has 0 aromatic rings. The minimum atomic E-state index is -0.841. The van der Waals surface area contributed by atoms with Gasteiger partial charge in [0.05, 0.1) is 25.4 Å². The number of hydrogen-bond donors (Lipinski definition) is 3. The summed E-state index contributed by atoms with van der Waals surface area (Å²) < 4.78 is 5.48. The number of nitrogens with one attached hydrogen (secondary N) is 1. The molecule has 0 radical (unpaired) electrons. The molecule has 0 rings (SSSR count). The van der Waals surface area contributed by atoms with Crippen LogP contribution < -0.4 is 5.32 Å². The van der Waals surface area contributed by atoms with Crippen LogP contribution in [0.5, 0.6) is 0 Å². The quantitative estimate of drug-likeness (QED) is 0.0320. The van der Waals surface area contributed by atoms with E-state index < -0.39 is 12.1 Å². The Morgan fingerprint density at radius 2 is 0.603 bits per heavy atom. The second-order valence-corrected chi connectivity index (χ2v) is 24.6. The Bertz CT molecular complexity index is 1220. The molecule has 2 unspecified atom stereocenters. The van der Waals surface area contributed by atoms with Crippen LogP contribution in [0, 0.1) is 0 Å². The van der Waals surface area contributed by atoms with E-state index in [0.29, 0.717) is 19.4 Å². The van der Waals surface area contributed by atoms with E-state index in [1.54, 1.807) is 6.08 Å². The van der Waals surface area contributed by atoms with E-state index in [2.05, 4.69) is 31.3 Å². The van der Waals surface area contributed by atoms with Gasteiger partial charge in [-0.3, -0.25) is 9.59 Å². The lowest BCUT2D eigenvalue weighted by molar-refractivity contribution is -0.143. The van der Waals surface area contributed by atoms with Crippen molar-refractivity contribution in [1.82, 2.24) is 5.32 Å².